The average Bonchev–Trinajstić information content (AvgIpc) is 3.66. The van der Waals surface area contributed by atoms with Gasteiger partial charge in [0, 0.05) is 49.7 Å². The predicted octanol–water partition coefficient (Wildman–Crippen LogP) is 3.43. The van der Waals surface area contributed by atoms with Crippen LogP contribution in [-0.4, -0.2) is 56.7 Å². The van der Waals surface area contributed by atoms with E-state index in [1.807, 2.05) is 31.2 Å². The Labute approximate surface area is 210 Å². The minimum Gasteiger partial charge on any atom is -0.395 e. The molecule has 0 bridgehead atoms. The highest BCUT2D eigenvalue weighted by Crippen LogP contribution is 2.35. The zero-order chi connectivity index (χ0) is 24.6. The van der Waals surface area contributed by atoms with Gasteiger partial charge in [-0.2, -0.15) is 5.26 Å². The zero-order valence-corrected chi connectivity index (χ0v) is 20.3. The monoisotopic (exact) mass is 479 g/mol. The first-order valence-electron chi connectivity index (χ1n) is 12.5. The van der Waals surface area contributed by atoms with Gasteiger partial charge in [-0.1, -0.05) is 12.1 Å². The van der Waals surface area contributed by atoms with E-state index in [0.717, 1.165) is 60.9 Å². The van der Waals surface area contributed by atoms with Crippen LogP contribution in [0.15, 0.2) is 61.1 Å². The Morgan fingerprint density at radius 3 is 2.83 bits per heavy atom. The summed E-state index contributed by atoms with van der Waals surface area (Å²) in [6, 6.07) is 18.9. The number of hydrogen-bond acceptors (Lipinski definition) is 6. The molecule has 0 spiro atoms. The first kappa shape index (κ1) is 22.5. The van der Waals surface area contributed by atoms with Gasteiger partial charge in [-0.3, -0.25) is 4.57 Å². The van der Waals surface area contributed by atoms with Gasteiger partial charge < -0.3 is 19.9 Å². The Kier molecular flexibility index (Phi) is 5.80. The highest BCUT2D eigenvalue weighted by Gasteiger charge is 2.26. The van der Waals surface area contributed by atoms with Gasteiger partial charge in [-0.25, -0.2) is 0 Å². The Bertz CT molecular complexity index is 1430. The zero-order valence-electron chi connectivity index (χ0n) is 20.3. The highest BCUT2D eigenvalue weighted by molar-refractivity contribution is 5.72. The molecule has 36 heavy (non-hydrogen) atoms. The summed E-state index contributed by atoms with van der Waals surface area (Å²) >= 11 is 0. The van der Waals surface area contributed by atoms with E-state index in [9.17, 15) is 5.11 Å². The van der Waals surface area contributed by atoms with Crippen LogP contribution in [-0.2, 0) is 6.54 Å². The van der Waals surface area contributed by atoms with Gasteiger partial charge in [0.1, 0.15) is 6.33 Å². The van der Waals surface area contributed by atoms with E-state index in [1.54, 1.807) is 6.33 Å². The van der Waals surface area contributed by atoms with Crippen LogP contribution in [0.3, 0.4) is 0 Å². The molecule has 2 atom stereocenters. The van der Waals surface area contributed by atoms with E-state index in [2.05, 4.69) is 66.1 Å². The normalized spacial score (nSPS) is 17.1. The molecule has 2 aromatic heterocycles. The molecular formula is C28H29N7O. The van der Waals surface area contributed by atoms with Crippen molar-refractivity contribution in [1.82, 2.24) is 24.6 Å². The van der Waals surface area contributed by atoms with Crippen LogP contribution in [0.5, 0.6) is 0 Å². The summed E-state index contributed by atoms with van der Waals surface area (Å²) in [4.78, 5) is 2.47. The molecule has 8 heteroatoms. The number of aliphatic hydroxyl groups excluding tert-OH is 1. The summed E-state index contributed by atoms with van der Waals surface area (Å²) in [6.07, 6.45) is 5.10. The van der Waals surface area contributed by atoms with E-state index < -0.39 is 0 Å². The first-order valence-corrected chi connectivity index (χ1v) is 12.5. The number of nitrogens with one attached hydrogen (secondary N) is 1. The van der Waals surface area contributed by atoms with Crippen molar-refractivity contribution in [1.29, 1.82) is 5.26 Å². The molecule has 182 valence electrons. The maximum atomic E-state index is 9.29. The van der Waals surface area contributed by atoms with Crippen LogP contribution in [0.1, 0.15) is 24.5 Å². The minimum absolute atomic E-state index is 0.134. The highest BCUT2D eigenvalue weighted by atomic mass is 16.3. The molecule has 4 heterocycles. The van der Waals surface area contributed by atoms with Crippen molar-refractivity contribution >= 4 is 5.69 Å². The minimum atomic E-state index is 0.134. The van der Waals surface area contributed by atoms with Crippen LogP contribution >= 0.6 is 0 Å². The van der Waals surface area contributed by atoms with Crippen LogP contribution in [0.25, 0.3) is 28.3 Å². The lowest BCUT2D eigenvalue weighted by molar-refractivity contribution is 0.247. The molecule has 1 fully saturated rings. The quantitative estimate of drug-likeness (QED) is 0.388. The van der Waals surface area contributed by atoms with Gasteiger partial charge in [0.15, 0.2) is 5.82 Å². The third-order valence-electron chi connectivity index (χ3n) is 7.36. The van der Waals surface area contributed by atoms with Crippen molar-refractivity contribution in [3.63, 3.8) is 0 Å². The number of aliphatic hydroxyl groups is 1. The molecule has 0 aliphatic carbocycles. The van der Waals surface area contributed by atoms with E-state index in [4.69, 9.17) is 5.26 Å². The lowest BCUT2D eigenvalue weighted by atomic mass is 10.1. The van der Waals surface area contributed by atoms with Gasteiger partial charge in [0.05, 0.1) is 29.6 Å². The lowest BCUT2D eigenvalue weighted by Crippen LogP contribution is -2.34. The smallest absolute Gasteiger partial charge is 0.185 e. The second-order valence-electron chi connectivity index (χ2n) is 9.86. The summed E-state index contributed by atoms with van der Waals surface area (Å²) in [7, 11) is 0. The van der Waals surface area contributed by atoms with Crippen LogP contribution in [0.4, 0.5) is 5.69 Å². The molecule has 2 aliphatic rings. The van der Waals surface area contributed by atoms with Crippen molar-refractivity contribution in [2.24, 2.45) is 5.92 Å². The Morgan fingerprint density at radius 2 is 2.03 bits per heavy atom. The van der Waals surface area contributed by atoms with Gasteiger partial charge >= 0.3 is 0 Å². The third-order valence-corrected chi connectivity index (χ3v) is 7.36. The van der Waals surface area contributed by atoms with Crippen molar-refractivity contribution in [2.75, 3.05) is 31.1 Å². The van der Waals surface area contributed by atoms with E-state index in [-0.39, 0.29) is 12.6 Å². The second kappa shape index (κ2) is 9.26. The number of nitriles is 1. The molecule has 0 unspecified atom stereocenters. The molecule has 0 radical (unpaired) electrons. The van der Waals surface area contributed by atoms with Gasteiger partial charge in [-0.05, 0) is 66.8 Å². The van der Waals surface area contributed by atoms with Crippen LogP contribution in [0, 0.1) is 17.2 Å². The Balaban J connectivity index is 1.30. The summed E-state index contributed by atoms with van der Waals surface area (Å²) in [5.74, 6) is 1.40. The molecular weight excluding hydrogens is 450 g/mol. The number of fused-ring (bicyclic) bond motifs is 5. The SMILES string of the molecule is C[C@@H](CO)NC[C@H]1CCN(c2ccc3c(c2)Cn2cc(-c4ccc(C#N)cc4)cc2-c2nncn2-3)C1. The fourth-order valence-corrected chi connectivity index (χ4v) is 5.29. The van der Waals surface area contributed by atoms with Gasteiger partial charge in [0.2, 0.25) is 0 Å². The predicted molar refractivity (Wildman–Crippen MR) is 139 cm³/mol. The molecule has 6 rings (SSSR count). The van der Waals surface area contributed by atoms with Crippen LogP contribution in [0.2, 0.25) is 0 Å². The molecule has 0 amide bonds. The third kappa shape index (κ3) is 4.06. The molecule has 1 saturated heterocycles. The molecule has 4 aromatic rings. The first-order chi connectivity index (χ1) is 17.6. The molecule has 2 aliphatic heterocycles. The van der Waals surface area contributed by atoms with Gasteiger partial charge in [0.25, 0.3) is 0 Å². The number of aromatic nitrogens is 4. The van der Waals surface area contributed by atoms with Crippen molar-refractivity contribution < 1.29 is 5.11 Å². The Hall–Kier alpha value is -3.93. The summed E-state index contributed by atoms with van der Waals surface area (Å²) in [6.45, 7) is 5.90. The topological polar surface area (TPSA) is 94.9 Å². The van der Waals surface area contributed by atoms with Gasteiger partial charge in [-0.15, -0.1) is 10.2 Å². The lowest BCUT2D eigenvalue weighted by Gasteiger charge is -2.21. The average molecular weight is 480 g/mol. The maximum Gasteiger partial charge on any atom is 0.185 e. The Morgan fingerprint density at radius 1 is 1.17 bits per heavy atom. The van der Waals surface area contributed by atoms with E-state index in [0.29, 0.717) is 11.5 Å². The van der Waals surface area contributed by atoms with Crippen molar-refractivity contribution in [3.05, 3.63) is 72.2 Å². The summed E-state index contributed by atoms with van der Waals surface area (Å²) < 4.78 is 4.32. The number of rotatable bonds is 6. The number of hydrogen-bond donors (Lipinski definition) is 2. The molecule has 8 nitrogen and oxygen atoms in total. The maximum absolute atomic E-state index is 9.29. The van der Waals surface area contributed by atoms with E-state index >= 15 is 0 Å². The summed E-state index contributed by atoms with van der Waals surface area (Å²) in [5, 5.41) is 30.5. The van der Waals surface area contributed by atoms with Crippen molar-refractivity contribution in [2.45, 2.75) is 25.9 Å². The van der Waals surface area contributed by atoms with Crippen LogP contribution < -0.4 is 10.2 Å². The second-order valence-corrected chi connectivity index (χ2v) is 9.86. The van der Waals surface area contributed by atoms with E-state index in [1.165, 1.54) is 11.3 Å². The van der Waals surface area contributed by atoms with Crippen molar-refractivity contribution in [3.8, 4) is 34.4 Å². The fourth-order valence-electron chi connectivity index (χ4n) is 5.29. The standard InChI is InChI=1S/C28H29N7O/c1-19(17-36)30-13-21-8-9-33(14-21)25-6-7-26-24(10-25)16-34-15-23(22-4-2-20(12-29)3-5-22)11-27(34)28-32-31-18-35(26)28/h2-7,10-11,15,18-19,21,30,36H,8-9,13-14,16-17H2,1H3/t19-,21+/m0/s1. The number of benzene rings is 2. The molecule has 2 N–H and O–H groups in total. The number of nitrogens with zero attached hydrogens (tertiary/aromatic N) is 6. The summed E-state index contributed by atoms with van der Waals surface area (Å²) in [5.41, 5.74) is 7.42. The fraction of sp³-hybridized carbons (Fsp3) is 0.321. The number of anilines is 1. The molecule has 0 saturated carbocycles. The largest absolute Gasteiger partial charge is 0.395 e. The molecule has 2 aromatic carbocycles.